The SMILES string of the molecule is Brc1c2ccccc2c(Br)c2ccccc12.C=C(C)C(=O)Cl.CCOC(=O)CCC12Cc3ccccc3C(CCC(=O)OCC)(Cc3ccccc31)c1ccccc12.CCOC(=O)CCc1c2ccccc2c(CCC(=O)OCC)c2ccccc12.C[Si](C)(C)c1ccccc1OS(=O)(=O)C(F)(F)F.OCCCC12Cc3ccccc3C(CCCO)(Cc3ccccc31)c1ccccc12.[AlH3].[Cs+].[F-].[H-].[H-].[Li+].[Na+]. The van der Waals surface area contributed by atoms with Crippen molar-refractivity contribution in [1.82, 2.24) is 0 Å². The van der Waals surface area contributed by atoms with Crippen LogP contribution in [0.25, 0.3) is 43.1 Å². The number of para-hydroxylation sites is 1. The van der Waals surface area contributed by atoms with E-state index >= 15 is 0 Å². The van der Waals surface area contributed by atoms with Crippen LogP contribution in [0.4, 0.5) is 13.2 Å². The van der Waals surface area contributed by atoms with Crippen molar-refractivity contribution in [2.24, 2.45) is 0 Å². The van der Waals surface area contributed by atoms with Gasteiger partial charge in [0.05, 0.1) is 34.5 Å². The fourth-order valence-electron chi connectivity index (χ4n) is 20.2. The monoisotopic (exact) mass is 2210 g/mol. The van der Waals surface area contributed by atoms with E-state index in [9.17, 15) is 55.8 Å². The second-order valence-electron chi connectivity index (χ2n) is 35.2. The molecule has 4 aliphatic carbocycles. The number of carbonyl (C=O) groups is 5. The van der Waals surface area contributed by atoms with Crippen molar-refractivity contribution >= 4 is 156 Å². The molecule has 4 unspecified atom stereocenters. The normalized spacial score (nSPS) is 16.2. The average molecular weight is 2210 g/mol. The number of halogens is 7. The fourth-order valence-corrected chi connectivity index (χ4v) is 23.7. The summed E-state index contributed by atoms with van der Waals surface area (Å²) in [5.41, 5.74) is 12.5. The Kier molecular flexibility index (Phi) is 46.7. The third kappa shape index (κ3) is 27.5. The van der Waals surface area contributed by atoms with Crippen LogP contribution in [0.3, 0.4) is 0 Å². The van der Waals surface area contributed by atoms with Gasteiger partial charge in [-0.2, -0.15) is 21.6 Å². The summed E-state index contributed by atoms with van der Waals surface area (Å²) in [6, 6.07) is 92.1. The Hall–Kier alpha value is -6.77. The number of aliphatic hydroxyl groups is 2. The van der Waals surface area contributed by atoms with Crippen LogP contribution < -0.4 is 131 Å². The van der Waals surface area contributed by atoms with Crippen LogP contribution >= 0.6 is 43.5 Å². The number of esters is 4. The van der Waals surface area contributed by atoms with Crippen molar-refractivity contribution in [3.63, 3.8) is 0 Å². The van der Waals surface area contributed by atoms with Crippen molar-refractivity contribution in [2.45, 2.75) is 184 Å². The number of benzene rings is 13. The Morgan fingerprint density at radius 1 is 0.417 bits per heavy atom. The van der Waals surface area contributed by atoms with Gasteiger partial charge in [-0.3, -0.25) is 24.0 Å². The number of aliphatic hydroxyl groups excluding tert-OH is 2. The maximum atomic E-state index is 12.6. The molecule has 4 aliphatic rings. The molecule has 14 nitrogen and oxygen atoms in total. The first-order valence-electron chi connectivity index (χ1n) is 45.8. The van der Waals surface area contributed by atoms with Gasteiger partial charge in [0.2, 0.25) is 5.24 Å². The van der Waals surface area contributed by atoms with Crippen LogP contribution in [0.5, 0.6) is 5.75 Å². The zero-order valence-corrected chi connectivity index (χ0v) is 94.5. The summed E-state index contributed by atoms with van der Waals surface area (Å²) in [5.74, 6) is -0.910. The average Bonchev–Trinajstić information content (AvgIpc) is 1.55. The van der Waals surface area contributed by atoms with E-state index in [1.54, 1.807) is 19.1 Å². The van der Waals surface area contributed by atoms with Crippen molar-refractivity contribution in [1.29, 1.82) is 0 Å². The maximum Gasteiger partial charge on any atom is 1.00 e. The molecule has 2 N–H and O–H groups in total. The number of rotatable bonds is 26. The Bertz CT molecular complexity index is 6140. The summed E-state index contributed by atoms with van der Waals surface area (Å²) in [4.78, 5) is 58.9. The van der Waals surface area contributed by atoms with Crippen molar-refractivity contribution in [2.75, 3.05) is 39.6 Å². The van der Waals surface area contributed by atoms with E-state index in [0.29, 0.717) is 88.6 Å². The van der Waals surface area contributed by atoms with E-state index in [1.165, 1.54) is 109 Å². The minimum absolute atomic E-state index is 0. The first kappa shape index (κ1) is 119. The molecule has 4 atom stereocenters. The first-order chi connectivity index (χ1) is 64.3. The van der Waals surface area contributed by atoms with Crippen molar-refractivity contribution in [3.05, 3.63) is 366 Å². The van der Waals surface area contributed by atoms with E-state index in [1.807, 2.05) is 71.6 Å². The molecular formula is C112H121AlBr2ClCsF4LiNaO14SSi. The van der Waals surface area contributed by atoms with Gasteiger partial charge in [0.25, 0.3) is 0 Å². The van der Waals surface area contributed by atoms with E-state index in [2.05, 4.69) is 261 Å². The quantitative estimate of drug-likeness (QED) is 0.00596. The van der Waals surface area contributed by atoms with Gasteiger partial charge >= 0.3 is 157 Å². The Labute approximate surface area is 944 Å². The third-order valence-corrected chi connectivity index (χ3v) is 30.9. The number of alkyl halides is 3. The standard InChI is InChI=1S/C32H34O4.C28H30O2.C24H26O4.C14H8Br2.C10H13F3O3SSi.C4H5ClO.Al.Cs.FH.Li.Na.5H/c1-3-35-29(33)17-19-31-21-23-11-6-8-14-26(23)32(20-18-30(34)36-4-2,28-16-10-9-15-27(28)31)22-24-12-5-7-13-25(24)31;29-17-7-15-27-19-21-9-1-3-11-23(21)28(16-8-18-30,26-14-6-5-13-25(26)27)20-22-10-2-4-12-24(22)27;1-3-27-23(25)15-13-21-17-9-5-7-11-19(17)22(14-16-24(26)28-4-2)20-12-8-6-10-18(20)21;15-13-9-5-1-2-6-10(9)14(16)12-8-4-3-7-11(12)13;1-18(2,3)9-7-5-4-6-8(9)16-17(14,15)10(11,12)13;1-3(2)4(5)6;;;;;;;;;;/h5-16H,3-4,17-22H2,1-2H3;1-6,9-14,29-30H,7-8,15-20H2;5-12H,3-4,13-16H2,1-2H3;1-8H;4-7H,1-3H3;1H2,2H3;;;1H;;;;;;;/q;;;;;;;+1;;2*+1;;;;2*-1/p-1. The Balaban J connectivity index is 0.000000309. The van der Waals surface area contributed by atoms with Gasteiger partial charge < -0.3 is 40.9 Å². The molecule has 0 fully saturated rings. The molecule has 718 valence electrons. The Morgan fingerprint density at radius 2 is 0.647 bits per heavy atom. The van der Waals surface area contributed by atoms with E-state index < -0.39 is 28.9 Å². The molecule has 139 heavy (non-hydrogen) atoms. The molecule has 4 bridgehead atoms. The molecule has 13 aromatic carbocycles. The summed E-state index contributed by atoms with van der Waals surface area (Å²) in [5, 5.41) is 29.1. The maximum absolute atomic E-state index is 12.6. The fraction of sp³-hybridized carbons (Fsp3) is 0.312. The molecule has 0 amide bonds. The smallest absolute Gasteiger partial charge is 1.00 e. The minimum Gasteiger partial charge on any atom is -1.00 e. The molecule has 0 radical (unpaired) electrons. The molecule has 0 aromatic heterocycles. The number of ether oxygens (including phenoxy) is 4. The summed E-state index contributed by atoms with van der Waals surface area (Å²) >= 11 is 12.3. The molecule has 13 aromatic rings. The summed E-state index contributed by atoms with van der Waals surface area (Å²) in [6.07, 6.45) is 11.0. The van der Waals surface area contributed by atoms with Gasteiger partial charge in [0.15, 0.2) is 17.4 Å². The molecule has 0 aliphatic heterocycles. The van der Waals surface area contributed by atoms with Crippen LogP contribution in [0.15, 0.2) is 288 Å². The number of fused-ring (bicyclic) bond motifs is 12. The molecule has 0 saturated carbocycles. The van der Waals surface area contributed by atoms with Crippen molar-refractivity contribution in [3.8, 4) is 5.75 Å². The van der Waals surface area contributed by atoms with Crippen molar-refractivity contribution < 1.29 is 204 Å². The van der Waals surface area contributed by atoms with Crippen LogP contribution in [-0.4, -0.2) is 118 Å². The summed E-state index contributed by atoms with van der Waals surface area (Å²) in [6.45, 7) is 19.8. The van der Waals surface area contributed by atoms with Gasteiger partial charge in [0.1, 0.15) is 5.75 Å². The van der Waals surface area contributed by atoms with E-state index in [4.69, 9.17) is 30.5 Å². The van der Waals surface area contributed by atoms with Crippen LogP contribution in [-0.2, 0) is 113 Å². The number of carbonyl (C=O) groups excluding carboxylic acids is 5. The second-order valence-corrected chi connectivity index (χ2v) is 43.7. The van der Waals surface area contributed by atoms with Gasteiger partial charge in [-0.25, -0.2) is 0 Å². The van der Waals surface area contributed by atoms with Crippen LogP contribution in [0.1, 0.15) is 180 Å². The third-order valence-electron chi connectivity index (χ3n) is 25.9. The minimum atomic E-state index is -5.61. The van der Waals surface area contributed by atoms with Gasteiger partial charge in [-0.05, 0) is 287 Å². The van der Waals surface area contributed by atoms with E-state index in [-0.39, 0.29) is 207 Å². The van der Waals surface area contributed by atoms with Crippen LogP contribution in [0.2, 0.25) is 19.6 Å². The summed E-state index contributed by atoms with van der Waals surface area (Å²) < 4.78 is 86.2. The Morgan fingerprint density at radius 3 is 0.899 bits per heavy atom. The van der Waals surface area contributed by atoms with E-state index in [0.717, 1.165) is 84.0 Å². The molecule has 0 heterocycles. The van der Waals surface area contributed by atoms with Gasteiger partial charge in [-0.1, -0.05) is 287 Å². The number of hydrogen-bond acceptors (Lipinski definition) is 14. The molecule has 0 saturated heterocycles. The molecular weight excluding hydrogens is 2090 g/mol. The number of aryl methyl sites for hydroxylation is 2. The first-order valence-corrected chi connectivity index (χ1v) is 52.7. The molecule has 27 heteroatoms. The summed E-state index contributed by atoms with van der Waals surface area (Å²) in [7, 11) is -7.60. The predicted molar refractivity (Wildman–Crippen MR) is 552 cm³/mol. The topological polar surface area (TPSA) is 206 Å². The predicted octanol–water partition coefficient (Wildman–Crippen LogP) is 12.3. The number of allylic oxidation sites excluding steroid dienone is 1. The van der Waals surface area contributed by atoms with Gasteiger partial charge in [-0.15, -0.1) is 0 Å². The van der Waals surface area contributed by atoms with Gasteiger partial charge in [0, 0.05) is 75.1 Å². The molecule has 17 rings (SSSR count). The number of hydrogen-bond donors (Lipinski definition) is 2. The largest absolute Gasteiger partial charge is 1.00 e. The van der Waals surface area contributed by atoms with Crippen LogP contribution in [0, 0.1) is 0 Å². The molecule has 0 spiro atoms. The second kappa shape index (κ2) is 54.4. The zero-order chi connectivity index (χ0) is 96.2. The zero-order valence-electron chi connectivity index (χ0n) is 82.5.